The SMILES string of the molecule is Fc1ccc(Nc2ncc(Cc3ccncc3)c3ccccc23)cc1. The maximum absolute atomic E-state index is 13.1. The fourth-order valence-corrected chi connectivity index (χ4v) is 2.88. The first-order valence-electron chi connectivity index (χ1n) is 8.08. The minimum absolute atomic E-state index is 0.254. The van der Waals surface area contributed by atoms with Gasteiger partial charge in [0.1, 0.15) is 11.6 Å². The van der Waals surface area contributed by atoms with Crippen LogP contribution in [0.5, 0.6) is 0 Å². The molecular weight excluding hydrogens is 313 g/mol. The Bertz CT molecular complexity index is 998. The van der Waals surface area contributed by atoms with Crippen molar-refractivity contribution < 1.29 is 4.39 Å². The molecule has 0 spiro atoms. The lowest BCUT2D eigenvalue weighted by molar-refractivity contribution is 0.628. The molecule has 0 radical (unpaired) electrons. The van der Waals surface area contributed by atoms with Gasteiger partial charge in [-0.25, -0.2) is 9.37 Å². The van der Waals surface area contributed by atoms with Gasteiger partial charge in [-0.15, -0.1) is 0 Å². The summed E-state index contributed by atoms with van der Waals surface area (Å²) in [5.41, 5.74) is 3.16. The lowest BCUT2D eigenvalue weighted by Crippen LogP contribution is -1.98. The van der Waals surface area contributed by atoms with Crippen molar-refractivity contribution in [1.29, 1.82) is 0 Å². The highest BCUT2D eigenvalue weighted by atomic mass is 19.1. The predicted molar refractivity (Wildman–Crippen MR) is 98.5 cm³/mol. The van der Waals surface area contributed by atoms with Crippen molar-refractivity contribution in [3.63, 3.8) is 0 Å². The van der Waals surface area contributed by atoms with Crippen molar-refractivity contribution in [3.8, 4) is 0 Å². The molecule has 2 heterocycles. The number of hydrogen-bond acceptors (Lipinski definition) is 3. The quantitative estimate of drug-likeness (QED) is 0.566. The van der Waals surface area contributed by atoms with Gasteiger partial charge in [0.15, 0.2) is 0 Å². The highest BCUT2D eigenvalue weighted by Gasteiger charge is 2.08. The fraction of sp³-hybridized carbons (Fsp3) is 0.0476. The number of nitrogens with zero attached hydrogens (tertiary/aromatic N) is 2. The smallest absolute Gasteiger partial charge is 0.138 e. The van der Waals surface area contributed by atoms with Gasteiger partial charge in [-0.1, -0.05) is 24.3 Å². The molecule has 4 rings (SSSR count). The van der Waals surface area contributed by atoms with Crippen LogP contribution in [0.15, 0.2) is 79.3 Å². The summed E-state index contributed by atoms with van der Waals surface area (Å²) in [6.07, 6.45) is 6.30. The molecule has 0 aliphatic rings. The van der Waals surface area contributed by atoms with Gasteiger partial charge in [0.05, 0.1) is 0 Å². The average Bonchev–Trinajstić information content (AvgIpc) is 2.66. The van der Waals surface area contributed by atoms with Crippen molar-refractivity contribution in [3.05, 3.63) is 96.2 Å². The molecule has 25 heavy (non-hydrogen) atoms. The summed E-state index contributed by atoms with van der Waals surface area (Å²) in [6, 6.07) is 18.5. The summed E-state index contributed by atoms with van der Waals surface area (Å²) >= 11 is 0. The third kappa shape index (κ3) is 3.33. The molecule has 122 valence electrons. The number of nitrogens with one attached hydrogen (secondary N) is 1. The highest BCUT2D eigenvalue weighted by Crippen LogP contribution is 2.28. The fourth-order valence-electron chi connectivity index (χ4n) is 2.88. The van der Waals surface area contributed by atoms with Gasteiger partial charge in [-0.3, -0.25) is 4.98 Å². The summed E-state index contributed by atoms with van der Waals surface area (Å²) in [5.74, 6) is 0.511. The van der Waals surface area contributed by atoms with Crippen LogP contribution in [0.4, 0.5) is 15.9 Å². The highest BCUT2D eigenvalue weighted by molar-refractivity contribution is 5.95. The number of aromatic nitrogens is 2. The molecular formula is C21H16FN3. The maximum Gasteiger partial charge on any atom is 0.138 e. The maximum atomic E-state index is 13.1. The molecule has 0 aliphatic carbocycles. The minimum atomic E-state index is -0.254. The van der Waals surface area contributed by atoms with E-state index in [9.17, 15) is 4.39 Å². The molecule has 2 aromatic heterocycles. The third-order valence-electron chi connectivity index (χ3n) is 4.13. The van der Waals surface area contributed by atoms with Gasteiger partial charge in [0.2, 0.25) is 0 Å². The van der Waals surface area contributed by atoms with E-state index in [0.29, 0.717) is 0 Å². The Morgan fingerprint density at radius 3 is 2.32 bits per heavy atom. The average molecular weight is 329 g/mol. The molecule has 0 fully saturated rings. The Hall–Kier alpha value is -3.27. The van der Waals surface area contributed by atoms with E-state index in [0.717, 1.165) is 34.3 Å². The Morgan fingerprint density at radius 1 is 0.840 bits per heavy atom. The number of rotatable bonds is 4. The van der Waals surface area contributed by atoms with Crippen molar-refractivity contribution in [2.45, 2.75) is 6.42 Å². The van der Waals surface area contributed by atoms with E-state index in [-0.39, 0.29) is 5.82 Å². The molecule has 3 nitrogen and oxygen atoms in total. The molecule has 0 saturated carbocycles. The van der Waals surface area contributed by atoms with Gasteiger partial charge >= 0.3 is 0 Å². The summed E-state index contributed by atoms with van der Waals surface area (Å²) in [4.78, 5) is 8.66. The summed E-state index contributed by atoms with van der Waals surface area (Å²) in [7, 11) is 0. The normalized spacial score (nSPS) is 10.8. The number of anilines is 2. The van der Waals surface area contributed by atoms with Gasteiger partial charge in [0, 0.05) is 29.7 Å². The molecule has 1 N–H and O–H groups in total. The third-order valence-corrected chi connectivity index (χ3v) is 4.13. The number of fused-ring (bicyclic) bond motifs is 1. The minimum Gasteiger partial charge on any atom is -0.340 e. The number of halogens is 1. The first-order valence-corrected chi connectivity index (χ1v) is 8.08. The van der Waals surface area contributed by atoms with Crippen molar-refractivity contribution in [1.82, 2.24) is 9.97 Å². The lowest BCUT2D eigenvalue weighted by Gasteiger charge is -2.12. The lowest BCUT2D eigenvalue weighted by atomic mass is 10.0. The van der Waals surface area contributed by atoms with E-state index < -0.39 is 0 Å². The van der Waals surface area contributed by atoms with Crippen LogP contribution in [0.3, 0.4) is 0 Å². The number of hydrogen-bond donors (Lipinski definition) is 1. The van der Waals surface area contributed by atoms with E-state index >= 15 is 0 Å². The molecule has 4 heteroatoms. The standard InChI is InChI=1S/C21H16FN3/c22-17-5-7-18(8-6-17)25-21-20-4-2-1-3-19(20)16(14-24-21)13-15-9-11-23-12-10-15/h1-12,14H,13H2,(H,24,25). The van der Waals surface area contributed by atoms with Crippen LogP contribution in [-0.4, -0.2) is 9.97 Å². The zero-order chi connectivity index (χ0) is 17.1. The predicted octanol–water partition coefficient (Wildman–Crippen LogP) is 5.10. The van der Waals surface area contributed by atoms with Gasteiger partial charge in [-0.05, 0) is 59.3 Å². The van der Waals surface area contributed by atoms with Crippen molar-refractivity contribution in [2.24, 2.45) is 0 Å². The van der Waals surface area contributed by atoms with Crippen LogP contribution in [0.25, 0.3) is 10.8 Å². The molecule has 0 bridgehead atoms. The molecule has 0 unspecified atom stereocenters. The van der Waals surface area contributed by atoms with Gasteiger partial charge in [0.25, 0.3) is 0 Å². The summed E-state index contributed by atoms with van der Waals surface area (Å²) < 4.78 is 13.1. The van der Waals surface area contributed by atoms with Crippen LogP contribution in [0, 0.1) is 5.82 Å². The first-order chi connectivity index (χ1) is 12.3. The molecule has 4 aromatic rings. The monoisotopic (exact) mass is 329 g/mol. The summed E-state index contributed by atoms with van der Waals surface area (Å²) in [6.45, 7) is 0. The zero-order valence-corrected chi connectivity index (χ0v) is 13.5. The number of pyridine rings is 2. The van der Waals surface area contributed by atoms with Crippen molar-refractivity contribution in [2.75, 3.05) is 5.32 Å². The first kappa shape index (κ1) is 15.3. The van der Waals surface area contributed by atoms with E-state index in [1.807, 2.05) is 36.5 Å². The van der Waals surface area contributed by atoms with E-state index in [2.05, 4.69) is 21.4 Å². The van der Waals surface area contributed by atoms with E-state index in [1.165, 1.54) is 17.7 Å². The molecule has 0 amide bonds. The Morgan fingerprint density at radius 2 is 1.56 bits per heavy atom. The van der Waals surface area contributed by atoms with Crippen LogP contribution in [0.1, 0.15) is 11.1 Å². The molecule has 0 aliphatic heterocycles. The van der Waals surface area contributed by atoms with Gasteiger partial charge < -0.3 is 5.32 Å². The van der Waals surface area contributed by atoms with Crippen LogP contribution >= 0.6 is 0 Å². The number of benzene rings is 2. The van der Waals surface area contributed by atoms with Crippen LogP contribution in [0.2, 0.25) is 0 Å². The molecule has 0 atom stereocenters. The van der Waals surface area contributed by atoms with Crippen molar-refractivity contribution >= 4 is 22.3 Å². The van der Waals surface area contributed by atoms with Gasteiger partial charge in [-0.2, -0.15) is 0 Å². The second-order valence-corrected chi connectivity index (χ2v) is 5.84. The van der Waals surface area contributed by atoms with E-state index in [1.54, 1.807) is 24.5 Å². The van der Waals surface area contributed by atoms with E-state index in [4.69, 9.17) is 0 Å². The second-order valence-electron chi connectivity index (χ2n) is 5.84. The van der Waals surface area contributed by atoms with Crippen LogP contribution in [-0.2, 0) is 6.42 Å². The Labute approximate surface area is 145 Å². The largest absolute Gasteiger partial charge is 0.340 e. The molecule has 2 aromatic carbocycles. The summed E-state index contributed by atoms with van der Waals surface area (Å²) in [5, 5.41) is 5.47. The Kier molecular flexibility index (Phi) is 4.09. The second kappa shape index (κ2) is 6.69. The molecule has 0 saturated heterocycles. The Balaban J connectivity index is 1.72. The topological polar surface area (TPSA) is 37.8 Å². The van der Waals surface area contributed by atoms with Crippen LogP contribution < -0.4 is 5.32 Å². The zero-order valence-electron chi connectivity index (χ0n) is 13.5.